The van der Waals surface area contributed by atoms with Crippen molar-refractivity contribution in [1.82, 2.24) is 34.9 Å². The highest BCUT2D eigenvalue weighted by Crippen LogP contribution is 2.27. The summed E-state index contributed by atoms with van der Waals surface area (Å²) in [6.07, 6.45) is 91.9. The molecule has 1 aliphatic heterocycles. The molecule has 15 nitrogen and oxygen atoms in total. The molecule has 0 atom stereocenters. The predicted molar refractivity (Wildman–Crippen MR) is 506 cm³/mol. The topological polar surface area (TPSA) is 160 Å². The van der Waals surface area contributed by atoms with Gasteiger partial charge in [0, 0.05) is 111 Å². The Morgan fingerprint density at radius 3 is 1.00 bits per heavy atom. The predicted octanol–water partition coefficient (Wildman–Crippen LogP) is 25.8. The lowest BCUT2D eigenvalue weighted by molar-refractivity contribution is -0.696. The number of unbranched alkanes of at least 4 members (excludes halogenated alkanes) is 43. The average Bonchev–Trinajstić information content (AvgIpc) is 1.54. The second-order valence-corrected chi connectivity index (χ2v) is 34.3. The maximum Gasteiger partial charge on any atom is 0.244 e. The van der Waals surface area contributed by atoms with Gasteiger partial charge in [-0.15, -0.1) is 24.8 Å². The van der Waals surface area contributed by atoms with Crippen LogP contribution in [-0.4, -0.2) is 75.9 Å². The second-order valence-electron chi connectivity index (χ2n) is 34.3. The van der Waals surface area contributed by atoms with Crippen molar-refractivity contribution < 1.29 is 23.5 Å². The second kappa shape index (κ2) is 78.8. The molecular formula is C105H173N12O3. The number of aryl methyl sites for hydroxylation is 3. The number of imidazole rings is 2. The molecule has 2 aromatic heterocycles. The summed E-state index contributed by atoms with van der Waals surface area (Å²) >= 11 is 0. The molecule has 15 heteroatoms. The molecular weight excluding hydrogens is 1480 g/mol. The van der Waals surface area contributed by atoms with Gasteiger partial charge in [-0.05, 0) is 123 Å². The Morgan fingerprint density at radius 2 is 0.675 bits per heavy atom. The summed E-state index contributed by atoms with van der Waals surface area (Å²) in [6.45, 7) is 19.7. The molecule has 0 spiro atoms. The smallest absolute Gasteiger partial charge is 0.244 e. The van der Waals surface area contributed by atoms with Crippen LogP contribution in [0.3, 0.4) is 0 Å². The van der Waals surface area contributed by atoms with Crippen LogP contribution in [0.5, 0.6) is 0 Å². The van der Waals surface area contributed by atoms with E-state index in [-0.39, 0.29) is 17.7 Å². The summed E-state index contributed by atoms with van der Waals surface area (Å²) in [4.78, 5) is 43.1. The Bertz CT molecular complexity index is 3390. The molecule has 0 bridgehead atoms. The van der Waals surface area contributed by atoms with E-state index in [1.165, 1.54) is 207 Å². The van der Waals surface area contributed by atoms with E-state index in [4.69, 9.17) is 12.0 Å². The van der Waals surface area contributed by atoms with Crippen LogP contribution in [0, 0.1) is 66.4 Å². The number of carbonyl (C=O) groups is 3. The highest BCUT2D eigenvalue weighted by Gasteiger charge is 2.15. The number of rotatable bonds is 79. The van der Waals surface area contributed by atoms with Gasteiger partial charge in [0.05, 0.1) is 20.1 Å². The molecule has 3 heterocycles. The highest BCUT2D eigenvalue weighted by atomic mass is 16.2. The molecule has 3 rings (SSSR count). The number of nitrogens with zero attached hydrogens (tertiary/aromatic N) is 9. The largest absolute Gasteiger partial charge is 0.729 e. The summed E-state index contributed by atoms with van der Waals surface area (Å²) in [6, 6.07) is 0. The molecule has 3 amide bonds. The lowest BCUT2D eigenvalue weighted by atomic mass is 9.93. The Kier molecular flexibility index (Phi) is 70.1. The molecule has 0 aromatic carbocycles. The summed E-state index contributed by atoms with van der Waals surface area (Å²) < 4.78 is 8.33. The zero-order chi connectivity index (χ0) is 86.1. The van der Waals surface area contributed by atoms with E-state index < -0.39 is 0 Å². The van der Waals surface area contributed by atoms with E-state index in [9.17, 15) is 14.4 Å². The van der Waals surface area contributed by atoms with Crippen LogP contribution in [-0.2, 0) is 41.1 Å². The van der Waals surface area contributed by atoms with Crippen LogP contribution < -0.4 is 25.1 Å². The zero-order valence-corrected chi connectivity index (χ0v) is 77.7. The number of aromatic nitrogens is 4. The van der Waals surface area contributed by atoms with E-state index in [0.717, 1.165) is 232 Å². The van der Waals surface area contributed by atoms with E-state index in [2.05, 4.69) is 162 Å². The van der Waals surface area contributed by atoms with Gasteiger partial charge in [0.1, 0.15) is 31.5 Å². The lowest BCUT2D eigenvalue weighted by Crippen LogP contribution is -2.34. The Morgan fingerprint density at radius 1 is 0.367 bits per heavy atom. The quantitative estimate of drug-likeness (QED) is 0.0197. The first kappa shape index (κ1) is 107. The molecule has 3 N–H and O–H groups in total. The summed E-state index contributed by atoms with van der Waals surface area (Å²) in [5.74, 6) is 33.4. The molecule has 671 valence electrons. The van der Waals surface area contributed by atoms with Crippen molar-refractivity contribution in [2.24, 2.45) is 12.3 Å². The van der Waals surface area contributed by atoms with Gasteiger partial charge in [-0.3, -0.25) is 14.4 Å². The first-order valence-electron chi connectivity index (χ1n) is 49.5. The lowest BCUT2D eigenvalue weighted by Gasteiger charge is -2.21. The minimum atomic E-state index is 0.151. The third-order valence-corrected chi connectivity index (χ3v) is 23.3. The first-order chi connectivity index (χ1) is 59.0. The van der Waals surface area contributed by atoms with Crippen LogP contribution in [0.4, 0.5) is 0 Å². The molecule has 1 radical (unpaired) electrons. The Labute approximate surface area is 736 Å². The monoisotopic (exact) mass is 1650 g/mol. The minimum absolute atomic E-state index is 0.151. The number of terminal acetylenes is 1. The van der Waals surface area contributed by atoms with Gasteiger partial charge in [-0.1, -0.05) is 319 Å². The minimum Gasteiger partial charge on any atom is -0.729 e. The highest BCUT2D eigenvalue weighted by molar-refractivity contribution is 5.76. The molecule has 0 fully saturated rings. The molecule has 2 aromatic rings. The van der Waals surface area contributed by atoms with Gasteiger partial charge in [0.2, 0.25) is 30.4 Å². The number of hydrogen-bond donors (Lipinski definition) is 3. The fourth-order valence-corrected chi connectivity index (χ4v) is 15.9. The van der Waals surface area contributed by atoms with Crippen LogP contribution in [0.25, 0.3) is 11.0 Å². The van der Waals surface area contributed by atoms with Crippen LogP contribution in [0.1, 0.15) is 433 Å². The SMILES string of the molecule is C#CCn1cc[n+](CCCNC(=O)CCCCCCCC/C(C#CC)=C(/C#C/C(CCCCCCCCC(=O)NCCCn2cc[n+](C)c2)=C(/C#C/C(CCCCCCCCC(=O)NCCCN2[CH]N(CCCC[N-]N=[N-])C=C2)=C(/C#CC)CCCCCCCCCCCC)CCCCCCCCCCCC)CCCCCCCCCCCC)c1. The van der Waals surface area contributed by atoms with E-state index in [1.54, 1.807) is 0 Å². The number of allylic oxidation sites excluding steroid dienone is 6. The standard InChI is InChI=1S/C105H173N12O3/c1-8-14-17-20-23-26-29-32-41-50-66-97(64-11-4)100(69-53-45-36-39-48-58-74-105(120)109-81-63-87-117-93-92-115(96-117)84-60-59-82-110-111-106)76-77-101(70-54-43-34-31-28-25-22-19-16-10-3)102(71-55-46-37-40-49-57-72-103(118)107-79-61-85-114-89-88-112(7)94-114)78-75-99(68-52-42-33-30-27-24-21-18-15-9-2)98(65-12-5)67-51-44-35-38-47-56-73-104(119)108-80-62-86-116-91-90-113(95-116)83-13-6/h6,88-96H,8-10,14-63,66-74,79-87H2,1-5,7H3,(H3-2,106,107,108,109,110,118,119,120)/b99-98+,100-97-,102-101+. The summed E-state index contributed by atoms with van der Waals surface area (Å²) in [5.41, 5.74) is 19.6. The number of amides is 3. The van der Waals surface area contributed by atoms with Gasteiger partial charge in [-0.2, -0.15) is 0 Å². The molecule has 120 heavy (non-hydrogen) atoms. The van der Waals surface area contributed by atoms with Crippen molar-refractivity contribution in [3.63, 3.8) is 0 Å². The molecule has 0 aliphatic carbocycles. The van der Waals surface area contributed by atoms with E-state index >= 15 is 0 Å². The summed E-state index contributed by atoms with van der Waals surface area (Å²) in [7, 11) is 2.04. The van der Waals surface area contributed by atoms with Gasteiger partial charge in [0.25, 0.3) is 0 Å². The number of nitrogens with one attached hydrogen (secondary N) is 3. The molecule has 1 aliphatic rings. The number of carbonyl (C=O) groups excluding carboxylic acids is 3. The fourth-order valence-electron chi connectivity index (χ4n) is 15.9. The Balaban J connectivity index is 1.98. The van der Waals surface area contributed by atoms with E-state index in [0.29, 0.717) is 52.0 Å². The van der Waals surface area contributed by atoms with Crippen molar-refractivity contribution in [1.29, 1.82) is 0 Å². The average molecular weight is 1650 g/mol. The molecule has 0 saturated heterocycles. The van der Waals surface area contributed by atoms with Crippen molar-refractivity contribution in [3.05, 3.63) is 101 Å². The maximum atomic E-state index is 13.0. The third kappa shape index (κ3) is 61.0. The summed E-state index contributed by atoms with van der Waals surface area (Å²) in [5, 5.41) is 12.4. The van der Waals surface area contributed by atoms with Crippen LogP contribution >= 0.6 is 0 Å². The van der Waals surface area contributed by atoms with Gasteiger partial charge in [0.15, 0.2) is 6.54 Å². The third-order valence-electron chi connectivity index (χ3n) is 23.3. The first-order valence-corrected chi connectivity index (χ1v) is 49.5. The fraction of sp³-hybridized carbons (Fsp3) is 0.733. The normalized spacial score (nSPS) is 12.3. The molecule has 0 unspecified atom stereocenters. The van der Waals surface area contributed by atoms with E-state index in [1.807, 2.05) is 44.2 Å². The maximum absolute atomic E-state index is 13.0. The van der Waals surface area contributed by atoms with Crippen LogP contribution in [0.15, 0.2) is 88.5 Å². The van der Waals surface area contributed by atoms with Crippen molar-refractivity contribution in [3.8, 4) is 59.7 Å². The zero-order valence-electron chi connectivity index (χ0n) is 77.7. The Hall–Kier alpha value is -7.41. The van der Waals surface area contributed by atoms with Crippen molar-refractivity contribution in [2.45, 2.75) is 452 Å². The van der Waals surface area contributed by atoms with Gasteiger partial charge >= 0.3 is 0 Å². The van der Waals surface area contributed by atoms with Gasteiger partial charge in [-0.25, -0.2) is 18.3 Å². The van der Waals surface area contributed by atoms with Crippen molar-refractivity contribution in [2.75, 3.05) is 39.3 Å². The number of hydrogen-bond acceptors (Lipinski definition) is 6. The molecule has 0 saturated carbocycles. The van der Waals surface area contributed by atoms with Crippen molar-refractivity contribution >= 4 is 17.7 Å². The van der Waals surface area contributed by atoms with Gasteiger partial charge < -0.3 is 41.9 Å². The van der Waals surface area contributed by atoms with Crippen LogP contribution in [0.2, 0.25) is 0 Å².